The minimum Gasteiger partial charge on any atom is -0.444 e. The van der Waals surface area contributed by atoms with Crippen LogP contribution in [-0.2, 0) is 4.74 Å². The number of carbonyl (C=O) groups is 1. The fourth-order valence-corrected chi connectivity index (χ4v) is 3.39. The Morgan fingerprint density at radius 3 is 2.35 bits per heavy atom. The molecule has 0 aromatic carbocycles. The Labute approximate surface area is 105 Å². The highest BCUT2D eigenvalue weighted by Crippen LogP contribution is 2.49. The van der Waals surface area contributed by atoms with Gasteiger partial charge >= 0.3 is 6.09 Å². The molecule has 1 aliphatic heterocycles. The predicted octanol–water partition coefficient (Wildman–Crippen LogP) is 3.58. The van der Waals surface area contributed by atoms with Gasteiger partial charge in [-0.1, -0.05) is 12.8 Å². The monoisotopic (exact) mass is 239 g/mol. The number of ether oxygens (including phenoxy) is 1. The molecule has 2 fully saturated rings. The number of hydrogen-bond donors (Lipinski definition) is 0. The van der Waals surface area contributed by atoms with Crippen LogP contribution in [0.3, 0.4) is 0 Å². The first kappa shape index (κ1) is 12.7. The molecule has 3 heteroatoms. The van der Waals surface area contributed by atoms with E-state index in [-0.39, 0.29) is 11.7 Å². The third-order valence-corrected chi connectivity index (χ3v) is 4.43. The van der Waals surface area contributed by atoms with E-state index in [4.69, 9.17) is 4.74 Å². The zero-order valence-corrected chi connectivity index (χ0v) is 11.6. The summed E-state index contributed by atoms with van der Waals surface area (Å²) in [5.74, 6) is 0. The van der Waals surface area contributed by atoms with Crippen molar-refractivity contribution in [3.63, 3.8) is 0 Å². The summed E-state index contributed by atoms with van der Waals surface area (Å²) in [4.78, 5) is 14.1. The van der Waals surface area contributed by atoms with Crippen molar-refractivity contribution in [2.24, 2.45) is 5.41 Å². The number of amides is 1. The van der Waals surface area contributed by atoms with Crippen molar-refractivity contribution in [1.82, 2.24) is 4.90 Å². The van der Waals surface area contributed by atoms with Crippen LogP contribution in [0.5, 0.6) is 0 Å². The first-order valence-electron chi connectivity index (χ1n) is 6.84. The third-order valence-electron chi connectivity index (χ3n) is 4.43. The summed E-state index contributed by atoms with van der Waals surface area (Å²) in [5, 5.41) is 0. The van der Waals surface area contributed by atoms with Crippen molar-refractivity contribution in [3.8, 4) is 0 Å². The second-order valence-corrected chi connectivity index (χ2v) is 6.67. The van der Waals surface area contributed by atoms with Gasteiger partial charge in [0.05, 0.1) is 0 Å². The Bertz CT molecular complexity index is 300. The fourth-order valence-electron chi connectivity index (χ4n) is 3.39. The van der Waals surface area contributed by atoms with E-state index in [1.165, 1.54) is 25.7 Å². The maximum absolute atomic E-state index is 12.1. The van der Waals surface area contributed by atoms with E-state index in [9.17, 15) is 4.79 Å². The number of rotatable bonds is 0. The average Bonchev–Trinajstić information content (AvgIpc) is 2.75. The summed E-state index contributed by atoms with van der Waals surface area (Å²) >= 11 is 0. The summed E-state index contributed by atoms with van der Waals surface area (Å²) in [6, 6.07) is 0.347. The molecule has 1 heterocycles. The number of carbonyl (C=O) groups excluding carboxylic acids is 1. The molecule has 0 aromatic heterocycles. The molecule has 0 radical (unpaired) electrons. The SMILES string of the molecule is CC1N(C(=O)OC(C)(C)C)CCC12CCCC2. The number of nitrogens with zero attached hydrogens (tertiary/aromatic N) is 1. The predicted molar refractivity (Wildman–Crippen MR) is 67.9 cm³/mol. The van der Waals surface area contributed by atoms with E-state index in [1.54, 1.807) is 0 Å². The van der Waals surface area contributed by atoms with Crippen molar-refractivity contribution >= 4 is 6.09 Å². The zero-order valence-electron chi connectivity index (χ0n) is 11.6. The van der Waals surface area contributed by atoms with Gasteiger partial charge in [0, 0.05) is 12.6 Å². The van der Waals surface area contributed by atoms with Gasteiger partial charge in [-0.05, 0) is 52.4 Å². The molecule has 1 spiro atoms. The van der Waals surface area contributed by atoms with Gasteiger partial charge in [-0.2, -0.15) is 0 Å². The molecule has 1 saturated carbocycles. The lowest BCUT2D eigenvalue weighted by Crippen LogP contribution is -2.42. The largest absolute Gasteiger partial charge is 0.444 e. The van der Waals surface area contributed by atoms with E-state index < -0.39 is 0 Å². The zero-order chi connectivity index (χ0) is 12.7. The van der Waals surface area contributed by atoms with Gasteiger partial charge in [-0.25, -0.2) is 4.79 Å². The topological polar surface area (TPSA) is 29.5 Å². The highest BCUT2D eigenvalue weighted by atomic mass is 16.6. The molecule has 3 nitrogen and oxygen atoms in total. The van der Waals surface area contributed by atoms with Crippen LogP contribution >= 0.6 is 0 Å². The Morgan fingerprint density at radius 2 is 1.82 bits per heavy atom. The fraction of sp³-hybridized carbons (Fsp3) is 0.929. The van der Waals surface area contributed by atoms with Gasteiger partial charge < -0.3 is 9.64 Å². The maximum atomic E-state index is 12.1. The molecule has 0 bridgehead atoms. The minimum atomic E-state index is -0.387. The van der Waals surface area contributed by atoms with E-state index in [1.807, 2.05) is 25.7 Å². The second-order valence-electron chi connectivity index (χ2n) is 6.67. The van der Waals surface area contributed by atoms with Gasteiger partial charge in [0.2, 0.25) is 0 Å². The molecule has 17 heavy (non-hydrogen) atoms. The summed E-state index contributed by atoms with van der Waals surface area (Å²) < 4.78 is 5.48. The maximum Gasteiger partial charge on any atom is 0.410 e. The molecule has 1 amide bonds. The number of hydrogen-bond acceptors (Lipinski definition) is 2. The van der Waals surface area contributed by atoms with Gasteiger partial charge in [0.15, 0.2) is 0 Å². The molecule has 2 rings (SSSR count). The molecule has 0 N–H and O–H groups in total. The molecular weight excluding hydrogens is 214 g/mol. The number of likely N-dealkylation sites (tertiary alicyclic amines) is 1. The van der Waals surface area contributed by atoms with Crippen LogP contribution in [0.25, 0.3) is 0 Å². The van der Waals surface area contributed by atoms with Gasteiger partial charge in [0.1, 0.15) is 5.60 Å². The normalized spacial score (nSPS) is 27.8. The van der Waals surface area contributed by atoms with Crippen LogP contribution in [0.15, 0.2) is 0 Å². The van der Waals surface area contributed by atoms with Crippen LogP contribution in [0, 0.1) is 5.41 Å². The quantitative estimate of drug-likeness (QED) is 0.646. The summed E-state index contributed by atoms with van der Waals surface area (Å²) in [6.45, 7) is 8.85. The minimum absolute atomic E-state index is 0.131. The first-order chi connectivity index (χ1) is 7.84. The molecule has 1 unspecified atom stereocenters. The lowest BCUT2D eigenvalue weighted by Gasteiger charge is -2.33. The standard InChI is InChI=1S/C14H25NO2/c1-11-14(7-5-6-8-14)9-10-15(11)12(16)17-13(2,3)4/h11H,5-10H2,1-4H3. The Kier molecular flexibility index (Phi) is 3.13. The van der Waals surface area contributed by atoms with E-state index >= 15 is 0 Å². The van der Waals surface area contributed by atoms with E-state index in [0.29, 0.717) is 11.5 Å². The van der Waals surface area contributed by atoms with Crippen molar-refractivity contribution in [2.75, 3.05) is 6.54 Å². The summed E-state index contributed by atoms with van der Waals surface area (Å²) in [7, 11) is 0. The molecular formula is C14H25NO2. The Hall–Kier alpha value is -0.730. The molecule has 1 atom stereocenters. The highest BCUT2D eigenvalue weighted by molar-refractivity contribution is 5.69. The van der Waals surface area contributed by atoms with Crippen LogP contribution in [0.2, 0.25) is 0 Å². The lowest BCUT2D eigenvalue weighted by molar-refractivity contribution is 0.0185. The molecule has 98 valence electrons. The van der Waals surface area contributed by atoms with Crippen molar-refractivity contribution < 1.29 is 9.53 Å². The van der Waals surface area contributed by atoms with Crippen LogP contribution < -0.4 is 0 Å². The highest BCUT2D eigenvalue weighted by Gasteiger charge is 2.48. The summed E-state index contributed by atoms with van der Waals surface area (Å²) in [6.07, 6.45) is 6.25. The van der Waals surface area contributed by atoms with Crippen molar-refractivity contribution in [2.45, 2.75) is 71.4 Å². The van der Waals surface area contributed by atoms with Gasteiger partial charge in [0.25, 0.3) is 0 Å². The lowest BCUT2D eigenvalue weighted by atomic mass is 9.79. The Balaban J connectivity index is 2.02. The molecule has 1 saturated heterocycles. The first-order valence-corrected chi connectivity index (χ1v) is 6.84. The van der Waals surface area contributed by atoms with Crippen molar-refractivity contribution in [1.29, 1.82) is 0 Å². The van der Waals surface area contributed by atoms with Gasteiger partial charge in [-0.15, -0.1) is 0 Å². The third kappa shape index (κ3) is 2.43. The van der Waals surface area contributed by atoms with Crippen LogP contribution in [-0.4, -0.2) is 29.2 Å². The smallest absolute Gasteiger partial charge is 0.410 e. The molecule has 0 aromatic rings. The second kappa shape index (κ2) is 4.18. The van der Waals surface area contributed by atoms with Crippen molar-refractivity contribution in [3.05, 3.63) is 0 Å². The van der Waals surface area contributed by atoms with E-state index in [2.05, 4.69) is 6.92 Å². The summed E-state index contributed by atoms with van der Waals surface area (Å²) in [5.41, 5.74) is 0.0130. The molecule has 1 aliphatic carbocycles. The Morgan fingerprint density at radius 1 is 1.24 bits per heavy atom. The average molecular weight is 239 g/mol. The van der Waals surface area contributed by atoms with Crippen LogP contribution in [0.1, 0.15) is 59.8 Å². The van der Waals surface area contributed by atoms with Gasteiger partial charge in [-0.3, -0.25) is 0 Å². The molecule has 2 aliphatic rings. The van der Waals surface area contributed by atoms with E-state index in [0.717, 1.165) is 13.0 Å². The van der Waals surface area contributed by atoms with Crippen LogP contribution in [0.4, 0.5) is 4.79 Å².